The summed E-state index contributed by atoms with van der Waals surface area (Å²) in [4.78, 5) is 32.1. The molecule has 0 aliphatic heterocycles. The number of aromatic nitrogens is 6. The average molecular weight is 1180 g/mol. The van der Waals surface area contributed by atoms with Crippen LogP contribution in [0.1, 0.15) is 111 Å². The lowest BCUT2D eigenvalue weighted by molar-refractivity contribution is 0.00689. The largest absolute Gasteiger partial charge is 0.478 e. The van der Waals surface area contributed by atoms with Crippen LogP contribution in [0.4, 0.5) is 0 Å². The maximum Gasteiger partial charge on any atom is 0.341 e. The number of esters is 1. The first-order valence-corrected chi connectivity index (χ1v) is 31.8. The van der Waals surface area contributed by atoms with Crippen LogP contribution in [0.5, 0.6) is 11.8 Å². The van der Waals surface area contributed by atoms with Crippen LogP contribution in [0, 0.1) is 10.8 Å². The van der Waals surface area contributed by atoms with Crippen molar-refractivity contribution in [3.8, 4) is 23.4 Å². The molecule has 0 fully saturated rings. The fraction of sp³-hybridized carbons (Fsp3) is 0.344. The van der Waals surface area contributed by atoms with Crippen LogP contribution < -0.4 is 30.2 Å². The maximum absolute atomic E-state index is 12.4. The van der Waals surface area contributed by atoms with Gasteiger partial charge in [0.15, 0.2) is 11.6 Å². The molecule has 0 bridgehead atoms. The van der Waals surface area contributed by atoms with Crippen molar-refractivity contribution in [1.82, 2.24) is 29.5 Å². The van der Waals surface area contributed by atoms with Crippen LogP contribution in [0.3, 0.4) is 0 Å². The van der Waals surface area contributed by atoms with E-state index in [4.69, 9.17) is 46.3 Å². The summed E-state index contributed by atoms with van der Waals surface area (Å²) >= 11 is 12.3. The van der Waals surface area contributed by atoms with Crippen molar-refractivity contribution >= 4 is 72.5 Å². The molecule has 8 aromatic rings. The minimum Gasteiger partial charge on any atom is -0.478 e. The first kappa shape index (κ1) is 62.7. The van der Waals surface area contributed by atoms with Gasteiger partial charge in [0.1, 0.15) is 15.9 Å². The van der Waals surface area contributed by atoms with Gasteiger partial charge in [-0.2, -0.15) is 0 Å². The molecule has 0 aliphatic rings. The second-order valence-corrected chi connectivity index (χ2v) is 34.2. The lowest BCUT2D eigenvalue weighted by Crippen LogP contribution is -2.67. The van der Waals surface area contributed by atoms with Crippen molar-refractivity contribution in [3.63, 3.8) is 0 Å². The lowest BCUT2D eigenvalue weighted by atomic mass is 9.97. The van der Waals surface area contributed by atoms with E-state index in [0.717, 1.165) is 0 Å². The van der Waals surface area contributed by atoms with Gasteiger partial charge in [0.05, 0.1) is 24.3 Å². The number of nitrogens with zero attached hydrogens (tertiary/aromatic N) is 6. The van der Waals surface area contributed by atoms with Gasteiger partial charge in [0.2, 0.25) is 11.8 Å². The van der Waals surface area contributed by atoms with Crippen LogP contribution in [0.2, 0.25) is 20.4 Å². The van der Waals surface area contributed by atoms with Crippen molar-refractivity contribution in [2.75, 3.05) is 26.4 Å². The second kappa shape index (κ2) is 25.7. The van der Waals surface area contributed by atoms with Gasteiger partial charge in [0.25, 0.3) is 16.6 Å². The predicted molar refractivity (Wildman–Crippen MR) is 331 cm³/mol. The van der Waals surface area contributed by atoms with E-state index in [1.165, 1.54) is 31.5 Å². The summed E-state index contributed by atoms with van der Waals surface area (Å²) in [6.45, 7) is 29.3. The van der Waals surface area contributed by atoms with Gasteiger partial charge in [0, 0.05) is 48.6 Å². The Morgan fingerprint density at radius 1 is 0.463 bits per heavy atom. The Morgan fingerprint density at radius 2 is 0.793 bits per heavy atom. The highest BCUT2D eigenvalue weighted by Crippen LogP contribution is 2.40. The Kier molecular flexibility index (Phi) is 19.6. The van der Waals surface area contributed by atoms with Crippen LogP contribution >= 0.6 is 23.2 Å². The first-order valence-electron chi connectivity index (χ1n) is 27.2. The predicted octanol–water partition coefficient (Wildman–Crippen LogP) is 12.5. The number of benzene rings is 4. The van der Waals surface area contributed by atoms with E-state index in [-0.39, 0.29) is 42.3 Å². The van der Waals surface area contributed by atoms with Crippen molar-refractivity contribution in [2.45, 2.75) is 106 Å². The molecule has 0 radical (unpaired) electrons. The Hall–Kier alpha value is -6.93. The van der Waals surface area contributed by atoms with Gasteiger partial charge in [-0.15, -0.1) is 10.2 Å². The normalized spacial score (nSPS) is 12.5. The summed E-state index contributed by atoms with van der Waals surface area (Å²) in [5, 5.41) is 22.8. The van der Waals surface area contributed by atoms with Gasteiger partial charge in [-0.25, -0.2) is 28.9 Å². The highest BCUT2D eigenvalue weighted by atomic mass is 35.5. The van der Waals surface area contributed by atoms with Gasteiger partial charge >= 0.3 is 11.9 Å². The summed E-state index contributed by atoms with van der Waals surface area (Å²) in [5.41, 5.74) is -1.13. The standard InChI is InChI=1S/C34H42ClN3O4Si.C30H34ClN3O4Si/c1-32(2,3)42-31(39)27-19-20-28(36-30(27)35)38-22-21-29(37-38)40-23-34(7,8)24-41-43(33(4,5)6,25-15-11-9-12-16-25)26-17-13-10-14-18-26;1-29(2,3)39(22-12-8-6-9-13-22,23-14-10-7-11-15-23)38-21-30(4,5)20-37-26-18-19-34(33-26)25-17-16-24(28(35)36)27(31)32-25/h9-22H,23-24H2,1-8H3;6-19H,20-21H2,1-5H3,(H,35,36). The molecular weight excluding hydrogens is 1110 g/mol. The van der Waals surface area contributed by atoms with E-state index in [0.29, 0.717) is 49.8 Å². The number of aromatic carboxylic acids is 1. The van der Waals surface area contributed by atoms with Gasteiger partial charge < -0.3 is 28.2 Å². The van der Waals surface area contributed by atoms with Crippen molar-refractivity contribution in [1.29, 1.82) is 0 Å². The zero-order chi connectivity index (χ0) is 59.7. The molecule has 0 amide bonds. The Labute approximate surface area is 495 Å². The SMILES string of the molecule is CC(C)(COc1ccn(-c2ccc(C(=O)O)c(Cl)n2)n1)CO[Si](c1ccccc1)(c1ccccc1)C(C)(C)C.CC(C)(COc1ccn(-c2ccc(C(=O)OC(C)(C)C)c(Cl)n2)n1)CO[Si](c1ccccc1)(c1ccccc1)C(C)(C)C. The van der Waals surface area contributed by atoms with Gasteiger partial charge in [-0.3, -0.25) is 0 Å². The van der Waals surface area contributed by atoms with Crippen molar-refractivity contribution < 1.29 is 37.8 Å². The molecule has 4 heterocycles. The second-order valence-electron chi connectivity index (χ2n) is 24.8. The molecule has 4 aromatic carbocycles. The fourth-order valence-electron chi connectivity index (χ4n) is 9.53. The summed E-state index contributed by atoms with van der Waals surface area (Å²) in [6, 6.07) is 52.1. The van der Waals surface area contributed by atoms with E-state index >= 15 is 0 Å². The summed E-state index contributed by atoms with van der Waals surface area (Å²) in [5.74, 6) is 0.0756. The van der Waals surface area contributed by atoms with E-state index in [1.807, 2.05) is 24.3 Å². The minimum absolute atomic E-state index is 0.0475. The third-order valence-corrected chi connectivity index (χ3v) is 24.1. The van der Waals surface area contributed by atoms with Crippen molar-refractivity contribution in [2.24, 2.45) is 10.8 Å². The van der Waals surface area contributed by atoms with E-state index in [1.54, 1.807) is 68.2 Å². The molecule has 0 spiro atoms. The van der Waals surface area contributed by atoms with Crippen LogP contribution in [0.25, 0.3) is 11.6 Å². The van der Waals surface area contributed by atoms with E-state index in [2.05, 4.69) is 186 Å². The molecule has 1 N–H and O–H groups in total. The molecule has 14 nitrogen and oxygen atoms in total. The molecule has 0 atom stereocenters. The van der Waals surface area contributed by atoms with Gasteiger partial charge in [-0.05, 0) is 75.9 Å². The third-order valence-electron chi connectivity index (χ3n) is 13.5. The molecule has 8 rings (SSSR count). The highest BCUT2D eigenvalue weighted by molar-refractivity contribution is 7.00. The summed E-state index contributed by atoms with van der Waals surface area (Å²) in [7, 11) is -5.33. The molecule has 0 saturated heterocycles. The molecule has 0 aliphatic carbocycles. The number of carbonyl (C=O) groups excluding carboxylic acids is 1. The van der Waals surface area contributed by atoms with Gasteiger partial charge in [-0.1, -0.05) is 214 Å². The number of ether oxygens (including phenoxy) is 3. The number of carboxylic acids is 1. The summed E-state index contributed by atoms with van der Waals surface area (Å²) < 4.78 is 34.9. The summed E-state index contributed by atoms with van der Waals surface area (Å²) in [6.07, 6.45) is 3.44. The first-order chi connectivity index (χ1) is 38.5. The number of pyridine rings is 2. The average Bonchev–Trinajstić information content (AvgIpc) is 3.12. The number of carboxylic acid groups (broad SMARTS) is 1. The number of hydrogen-bond acceptors (Lipinski definition) is 11. The molecule has 0 saturated carbocycles. The van der Waals surface area contributed by atoms with E-state index < -0.39 is 34.2 Å². The van der Waals surface area contributed by atoms with Crippen LogP contribution in [-0.2, 0) is 13.6 Å². The lowest BCUT2D eigenvalue weighted by Gasteiger charge is -2.44. The Bertz CT molecular complexity index is 3320. The monoisotopic (exact) mass is 1180 g/mol. The molecule has 0 unspecified atom stereocenters. The highest BCUT2D eigenvalue weighted by Gasteiger charge is 2.52. The van der Waals surface area contributed by atoms with Crippen LogP contribution in [0.15, 0.2) is 170 Å². The smallest absolute Gasteiger partial charge is 0.341 e. The zero-order valence-electron chi connectivity index (χ0n) is 49.2. The number of carbonyl (C=O) groups is 2. The third kappa shape index (κ3) is 15.2. The Balaban J connectivity index is 0.000000237. The molecule has 18 heteroatoms. The fourth-order valence-corrected chi connectivity index (χ4v) is 19.5. The van der Waals surface area contributed by atoms with Crippen LogP contribution in [-0.4, -0.2) is 95.2 Å². The number of rotatable bonds is 20. The minimum atomic E-state index is -2.67. The zero-order valence-corrected chi connectivity index (χ0v) is 52.8. The molecule has 4 aromatic heterocycles. The number of halogens is 2. The quantitative estimate of drug-likeness (QED) is 0.0437. The molecular formula is C64H76Cl2N6O8Si2. The topological polar surface area (TPSA) is 162 Å². The number of hydrogen-bond donors (Lipinski definition) is 1. The molecule has 432 valence electrons. The van der Waals surface area contributed by atoms with Crippen molar-refractivity contribution in [3.05, 3.63) is 192 Å². The maximum atomic E-state index is 12.4. The molecule has 82 heavy (non-hydrogen) atoms. The Morgan fingerprint density at radius 3 is 1.09 bits per heavy atom. The van der Waals surface area contributed by atoms with E-state index in [9.17, 15) is 14.7 Å².